The van der Waals surface area contributed by atoms with E-state index in [2.05, 4.69) is 62.2 Å². The Labute approximate surface area is 240 Å². The average Bonchev–Trinajstić information content (AvgIpc) is 3.36. The molecular formula is C30H37N9O2. The summed E-state index contributed by atoms with van der Waals surface area (Å²) < 4.78 is 7.63. The van der Waals surface area contributed by atoms with E-state index < -0.39 is 0 Å². The van der Waals surface area contributed by atoms with Crippen LogP contribution in [0, 0.1) is 0 Å². The summed E-state index contributed by atoms with van der Waals surface area (Å²) in [6.07, 6.45) is 4.83. The molecule has 0 bridgehead atoms. The number of aromatic nitrogens is 4. The quantitative estimate of drug-likeness (QED) is 0.284. The molecule has 1 aliphatic rings. The van der Waals surface area contributed by atoms with Crippen LogP contribution in [-0.2, 0) is 11.8 Å². The van der Waals surface area contributed by atoms with E-state index in [4.69, 9.17) is 9.72 Å². The maximum absolute atomic E-state index is 12.4. The van der Waals surface area contributed by atoms with Crippen molar-refractivity contribution in [3.05, 3.63) is 61.4 Å². The van der Waals surface area contributed by atoms with E-state index in [0.29, 0.717) is 23.1 Å². The molecule has 0 radical (unpaired) electrons. The summed E-state index contributed by atoms with van der Waals surface area (Å²) in [5, 5.41) is 11.6. The lowest BCUT2D eigenvalue weighted by Crippen LogP contribution is -2.48. The Morgan fingerprint density at radius 1 is 1.12 bits per heavy atom. The molecule has 0 unspecified atom stereocenters. The number of carbonyl (C=O) groups is 1. The molecule has 41 heavy (non-hydrogen) atoms. The highest BCUT2D eigenvalue weighted by Crippen LogP contribution is 2.39. The number of rotatable bonds is 10. The molecule has 11 nitrogen and oxygen atoms in total. The van der Waals surface area contributed by atoms with Gasteiger partial charge in [0.2, 0.25) is 11.9 Å². The molecule has 0 aliphatic carbocycles. The summed E-state index contributed by atoms with van der Waals surface area (Å²) in [6, 6.07) is 11.8. The van der Waals surface area contributed by atoms with Crippen LogP contribution in [0.4, 0.5) is 23.0 Å². The molecular weight excluding hydrogens is 518 g/mol. The second-order valence-corrected chi connectivity index (χ2v) is 10.3. The minimum atomic E-state index is -0.281. The number of carbonyl (C=O) groups excluding carboxylic acids is 1. The lowest BCUT2D eigenvalue weighted by atomic mass is 10.1. The van der Waals surface area contributed by atoms with Crippen molar-refractivity contribution < 1.29 is 9.53 Å². The minimum Gasteiger partial charge on any atom is -0.494 e. The topological polar surface area (TPSA) is 104 Å². The van der Waals surface area contributed by atoms with Crippen LogP contribution < -0.4 is 20.3 Å². The number of piperazine rings is 1. The molecule has 0 spiro atoms. The first-order valence-electron chi connectivity index (χ1n) is 13.6. The highest BCUT2D eigenvalue weighted by molar-refractivity contribution is 6.02. The average molecular weight is 556 g/mol. The number of nitrogens with one attached hydrogen (secondary N) is 2. The molecule has 1 fully saturated rings. The fourth-order valence-corrected chi connectivity index (χ4v) is 4.96. The second-order valence-electron chi connectivity index (χ2n) is 10.3. The zero-order chi connectivity index (χ0) is 28.9. The van der Waals surface area contributed by atoms with E-state index >= 15 is 0 Å². The lowest BCUT2D eigenvalue weighted by Gasteiger charge is -2.37. The van der Waals surface area contributed by atoms with Gasteiger partial charge in [-0.2, -0.15) is 5.10 Å². The van der Waals surface area contributed by atoms with Gasteiger partial charge in [-0.25, -0.2) is 9.97 Å². The van der Waals surface area contributed by atoms with Crippen LogP contribution in [0.3, 0.4) is 0 Å². The number of nitrogens with zero attached hydrogens (tertiary/aromatic N) is 7. The van der Waals surface area contributed by atoms with E-state index in [1.807, 2.05) is 48.3 Å². The van der Waals surface area contributed by atoms with Crippen LogP contribution in [0.25, 0.3) is 22.2 Å². The van der Waals surface area contributed by atoms with E-state index in [0.717, 1.165) is 67.1 Å². The molecule has 1 aliphatic heterocycles. The van der Waals surface area contributed by atoms with Crippen LogP contribution >= 0.6 is 0 Å². The number of anilines is 4. The van der Waals surface area contributed by atoms with Crippen molar-refractivity contribution in [2.24, 2.45) is 7.05 Å². The van der Waals surface area contributed by atoms with E-state index in [1.54, 1.807) is 13.3 Å². The fourth-order valence-electron chi connectivity index (χ4n) is 4.96. The van der Waals surface area contributed by atoms with E-state index in [-0.39, 0.29) is 5.91 Å². The van der Waals surface area contributed by atoms with Crippen molar-refractivity contribution in [1.29, 1.82) is 0 Å². The molecule has 3 heterocycles. The molecule has 11 heteroatoms. The first-order chi connectivity index (χ1) is 19.8. The van der Waals surface area contributed by atoms with Crippen molar-refractivity contribution in [3.8, 4) is 17.0 Å². The standard InChI is InChI=1S/C30H37N9O2/c1-6-29(40)33-24-18-25(28(41-5)19-27(24)39-15-13-38(14-16-39)12-11-36(2)3)35-30-31-10-9-23(34-30)21-7-8-26-22(17-21)20-32-37(26)4/h6-10,17-20H,1,11-16H2,2-5H3,(H,33,40)(H,31,34,35). The number of fused-ring (bicyclic) bond motifs is 1. The maximum atomic E-state index is 12.4. The number of benzene rings is 2. The molecule has 0 atom stereocenters. The summed E-state index contributed by atoms with van der Waals surface area (Å²) >= 11 is 0. The number of aryl methyl sites for hydroxylation is 1. The molecule has 2 N–H and O–H groups in total. The maximum Gasteiger partial charge on any atom is 0.247 e. The van der Waals surface area contributed by atoms with Crippen molar-refractivity contribution in [1.82, 2.24) is 29.5 Å². The number of ether oxygens (including phenoxy) is 1. The lowest BCUT2D eigenvalue weighted by molar-refractivity contribution is -0.111. The van der Waals surface area contributed by atoms with Crippen molar-refractivity contribution >= 4 is 39.8 Å². The zero-order valence-electron chi connectivity index (χ0n) is 24.1. The summed E-state index contributed by atoms with van der Waals surface area (Å²) in [6.45, 7) is 9.24. The van der Waals surface area contributed by atoms with Gasteiger partial charge in [0.05, 0.1) is 41.6 Å². The van der Waals surface area contributed by atoms with E-state index in [9.17, 15) is 4.79 Å². The molecule has 0 saturated carbocycles. The third kappa shape index (κ3) is 6.47. The van der Waals surface area contributed by atoms with Crippen molar-refractivity contribution in [2.45, 2.75) is 0 Å². The first-order valence-corrected chi connectivity index (χ1v) is 13.6. The summed E-state index contributed by atoms with van der Waals surface area (Å²) in [4.78, 5) is 28.5. The number of hydrogen-bond acceptors (Lipinski definition) is 9. The van der Waals surface area contributed by atoms with Gasteiger partial charge >= 0.3 is 0 Å². The Balaban J connectivity index is 1.41. The molecule has 1 saturated heterocycles. The Bertz CT molecular complexity index is 1540. The Morgan fingerprint density at radius 3 is 2.66 bits per heavy atom. The van der Waals surface area contributed by atoms with Crippen molar-refractivity contribution in [3.63, 3.8) is 0 Å². The van der Waals surface area contributed by atoms with Crippen LogP contribution in [0.2, 0.25) is 0 Å². The Morgan fingerprint density at radius 2 is 1.93 bits per heavy atom. The molecule has 2 aromatic carbocycles. The van der Waals surface area contributed by atoms with Gasteiger partial charge in [-0.3, -0.25) is 14.4 Å². The SMILES string of the molecule is C=CC(=O)Nc1cc(Nc2nccc(-c3ccc4c(cnn4C)c3)n2)c(OC)cc1N1CCN(CCN(C)C)CC1. The number of hydrogen-bond donors (Lipinski definition) is 2. The van der Waals surface area contributed by atoms with Crippen LogP contribution in [0.5, 0.6) is 5.75 Å². The normalized spacial score (nSPS) is 13.9. The van der Waals surface area contributed by atoms with Gasteiger partial charge in [0.15, 0.2) is 0 Å². The summed E-state index contributed by atoms with van der Waals surface area (Å²) in [5.41, 5.74) is 4.99. The van der Waals surface area contributed by atoms with Crippen LogP contribution in [0.1, 0.15) is 0 Å². The van der Waals surface area contributed by atoms with Crippen molar-refractivity contribution in [2.75, 3.05) is 76.0 Å². The van der Waals surface area contributed by atoms with Gasteiger partial charge in [0.25, 0.3) is 0 Å². The predicted octanol–water partition coefficient (Wildman–Crippen LogP) is 3.59. The molecule has 214 valence electrons. The zero-order valence-corrected chi connectivity index (χ0v) is 24.1. The minimum absolute atomic E-state index is 0.281. The molecule has 5 rings (SSSR count). The third-order valence-electron chi connectivity index (χ3n) is 7.28. The molecule has 1 amide bonds. The predicted molar refractivity (Wildman–Crippen MR) is 164 cm³/mol. The molecule has 4 aromatic rings. The first kappa shape index (κ1) is 28.1. The monoisotopic (exact) mass is 555 g/mol. The largest absolute Gasteiger partial charge is 0.494 e. The Hall–Kier alpha value is -4.48. The number of likely N-dealkylation sites (N-methyl/N-ethyl adjacent to an activating group) is 1. The fraction of sp³-hybridized carbons (Fsp3) is 0.333. The third-order valence-corrected chi connectivity index (χ3v) is 7.28. The van der Waals surface area contributed by atoms with E-state index in [1.165, 1.54) is 6.08 Å². The Kier molecular flexibility index (Phi) is 8.46. The van der Waals surface area contributed by atoms with Gasteiger partial charge < -0.3 is 25.2 Å². The van der Waals surface area contributed by atoms with Gasteiger partial charge in [-0.05, 0) is 44.4 Å². The number of methoxy groups -OCH3 is 1. The van der Waals surface area contributed by atoms with Gasteiger partial charge in [0, 0.05) is 69.5 Å². The second kappa shape index (κ2) is 12.4. The molecule has 2 aromatic heterocycles. The van der Waals surface area contributed by atoms with Gasteiger partial charge in [-0.15, -0.1) is 0 Å². The number of amides is 1. The van der Waals surface area contributed by atoms with Crippen LogP contribution in [0.15, 0.2) is 61.4 Å². The van der Waals surface area contributed by atoms with Gasteiger partial charge in [0.1, 0.15) is 5.75 Å². The summed E-state index contributed by atoms with van der Waals surface area (Å²) in [5.74, 6) is 0.754. The highest BCUT2D eigenvalue weighted by atomic mass is 16.5. The smallest absolute Gasteiger partial charge is 0.247 e. The highest BCUT2D eigenvalue weighted by Gasteiger charge is 2.22. The van der Waals surface area contributed by atoms with Gasteiger partial charge in [-0.1, -0.05) is 12.6 Å². The van der Waals surface area contributed by atoms with Crippen LogP contribution in [-0.4, -0.2) is 95.9 Å². The summed E-state index contributed by atoms with van der Waals surface area (Å²) in [7, 11) is 7.74.